The third kappa shape index (κ3) is 3.41. The predicted octanol–water partition coefficient (Wildman–Crippen LogP) is 3.08. The van der Waals surface area contributed by atoms with Crippen molar-refractivity contribution < 1.29 is 4.79 Å². The molecule has 0 atom stereocenters. The molecule has 2 heterocycles. The minimum Gasteiger partial charge on any atom is -0.346 e. The molecule has 0 saturated heterocycles. The van der Waals surface area contributed by atoms with E-state index in [1.165, 1.54) is 12.1 Å². The number of nitrogens with one attached hydrogen (secondary N) is 1. The van der Waals surface area contributed by atoms with Gasteiger partial charge in [-0.15, -0.1) is 11.3 Å². The Kier molecular flexibility index (Phi) is 4.16. The smallest absolute Gasteiger partial charge is 0.251 e. The first-order chi connectivity index (χ1) is 8.54. The lowest BCUT2D eigenvalue weighted by Gasteiger charge is -2.04. The Bertz CT molecular complexity index is 565. The molecule has 0 aliphatic rings. The van der Waals surface area contributed by atoms with Gasteiger partial charge in [0.05, 0.1) is 17.2 Å². The molecule has 0 fully saturated rings. The highest BCUT2D eigenvalue weighted by molar-refractivity contribution is 7.09. The third-order valence-electron chi connectivity index (χ3n) is 2.12. The van der Waals surface area contributed by atoms with Crippen LogP contribution in [0.1, 0.15) is 21.1 Å². The molecule has 2 aromatic heterocycles. The maximum atomic E-state index is 11.8. The average Bonchev–Trinajstić information content (AvgIpc) is 2.70. The summed E-state index contributed by atoms with van der Waals surface area (Å²) >= 11 is 13.0. The molecule has 94 valence electrons. The summed E-state index contributed by atoms with van der Waals surface area (Å²) in [6, 6.07) is 2.93. The van der Waals surface area contributed by atoms with E-state index in [0.717, 1.165) is 10.7 Å². The first-order valence-corrected chi connectivity index (χ1v) is 6.70. The fourth-order valence-electron chi connectivity index (χ4n) is 1.36. The van der Waals surface area contributed by atoms with Gasteiger partial charge in [-0.25, -0.2) is 9.97 Å². The van der Waals surface area contributed by atoms with Crippen LogP contribution in [0.5, 0.6) is 0 Å². The van der Waals surface area contributed by atoms with Crippen LogP contribution in [0, 0.1) is 6.92 Å². The minimum atomic E-state index is -0.258. The Morgan fingerprint density at radius 3 is 2.56 bits per heavy atom. The second kappa shape index (κ2) is 5.65. The van der Waals surface area contributed by atoms with Gasteiger partial charge >= 0.3 is 0 Å². The van der Waals surface area contributed by atoms with Gasteiger partial charge in [-0.1, -0.05) is 23.2 Å². The van der Waals surface area contributed by atoms with Crippen LogP contribution in [0.2, 0.25) is 10.3 Å². The summed E-state index contributed by atoms with van der Waals surface area (Å²) in [4.78, 5) is 19.9. The number of aromatic nitrogens is 2. The lowest BCUT2D eigenvalue weighted by atomic mass is 10.2. The van der Waals surface area contributed by atoms with Crippen LogP contribution < -0.4 is 5.32 Å². The van der Waals surface area contributed by atoms with E-state index in [1.54, 1.807) is 11.3 Å². The van der Waals surface area contributed by atoms with Crippen molar-refractivity contribution in [1.82, 2.24) is 15.3 Å². The van der Waals surface area contributed by atoms with Crippen LogP contribution in [-0.2, 0) is 6.54 Å². The van der Waals surface area contributed by atoms with E-state index in [-0.39, 0.29) is 16.2 Å². The van der Waals surface area contributed by atoms with Gasteiger partial charge in [-0.05, 0) is 19.1 Å². The van der Waals surface area contributed by atoms with E-state index in [4.69, 9.17) is 23.2 Å². The van der Waals surface area contributed by atoms with Gasteiger partial charge in [0, 0.05) is 10.9 Å². The number of thiazole rings is 1. The van der Waals surface area contributed by atoms with Crippen molar-refractivity contribution in [2.75, 3.05) is 0 Å². The highest BCUT2D eigenvalue weighted by Crippen LogP contribution is 2.15. The molecule has 0 spiro atoms. The number of nitrogens with zero attached hydrogens (tertiary/aromatic N) is 2. The molecule has 1 N–H and O–H groups in total. The number of halogens is 2. The van der Waals surface area contributed by atoms with E-state index >= 15 is 0 Å². The highest BCUT2D eigenvalue weighted by atomic mass is 35.5. The number of hydrogen-bond donors (Lipinski definition) is 1. The SMILES string of the molecule is Cc1nc(CNC(=O)c2cc(Cl)nc(Cl)c2)cs1. The molecule has 0 bridgehead atoms. The third-order valence-corrected chi connectivity index (χ3v) is 3.33. The first-order valence-electron chi connectivity index (χ1n) is 5.07. The molecule has 7 heteroatoms. The average molecular weight is 302 g/mol. The molecule has 2 rings (SSSR count). The lowest BCUT2D eigenvalue weighted by molar-refractivity contribution is 0.0950. The van der Waals surface area contributed by atoms with Crippen LogP contribution in [0.15, 0.2) is 17.5 Å². The Morgan fingerprint density at radius 1 is 1.33 bits per heavy atom. The molecule has 0 aromatic carbocycles. The molecule has 0 aliphatic carbocycles. The molecule has 0 unspecified atom stereocenters. The number of hydrogen-bond acceptors (Lipinski definition) is 4. The fraction of sp³-hybridized carbons (Fsp3) is 0.182. The van der Waals surface area contributed by atoms with Gasteiger partial charge in [0.1, 0.15) is 10.3 Å². The quantitative estimate of drug-likeness (QED) is 0.886. The summed E-state index contributed by atoms with van der Waals surface area (Å²) in [7, 11) is 0. The predicted molar refractivity (Wildman–Crippen MR) is 72.3 cm³/mol. The van der Waals surface area contributed by atoms with Crippen molar-refractivity contribution in [3.8, 4) is 0 Å². The zero-order valence-corrected chi connectivity index (χ0v) is 11.7. The number of pyridine rings is 1. The first kappa shape index (κ1) is 13.3. The molecule has 18 heavy (non-hydrogen) atoms. The summed E-state index contributed by atoms with van der Waals surface area (Å²) in [5, 5.41) is 6.00. The minimum absolute atomic E-state index is 0.192. The number of rotatable bonds is 3. The van der Waals surface area contributed by atoms with Crippen molar-refractivity contribution in [2.45, 2.75) is 13.5 Å². The van der Waals surface area contributed by atoms with Crippen LogP contribution in [0.25, 0.3) is 0 Å². The van der Waals surface area contributed by atoms with Crippen molar-refractivity contribution >= 4 is 40.4 Å². The van der Waals surface area contributed by atoms with E-state index in [0.29, 0.717) is 12.1 Å². The standard InChI is InChI=1S/C11H9Cl2N3OS/c1-6-15-8(5-18-6)4-14-11(17)7-2-9(12)16-10(13)3-7/h2-3,5H,4H2,1H3,(H,14,17). The molecule has 4 nitrogen and oxygen atoms in total. The lowest BCUT2D eigenvalue weighted by Crippen LogP contribution is -2.23. The van der Waals surface area contributed by atoms with Gasteiger partial charge in [0.25, 0.3) is 5.91 Å². The largest absolute Gasteiger partial charge is 0.346 e. The van der Waals surface area contributed by atoms with Gasteiger partial charge in [0.2, 0.25) is 0 Å². The van der Waals surface area contributed by atoms with Gasteiger partial charge < -0.3 is 5.32 Å². The highest BCUT2D eigenvalue weighted by Gasteiger charge is 2.09. The van der Waals surface area contributed by atoms with Crippen LogP contribution in [0.4, 0.5) is 0 Å². The van der Waals surface area contributed by atoms with Crippen molar-refractivity contribution in [3.05, 3.63) is 44.1 Å². The Labute approximate surface area is 118 Å². The monoisotopic (exact) mass is 301 g/mol. The van der Waals surface area contributed by atoms with Crippen LogP contribution in [-0.4, -0.2) is 15.9 Å². The fourth-order valence-corrected chi connectivity index (χ4v) is 2.43. The zero-order chi connectivity index (χ0) is 13.1. The van der Waals surface area contributed by atoms with Gasteiger partial charge in [0.15, 0.2) is 0 Å². The molecular formula is C11H9Cl2N3OS. The summed E-state index contributed by atoms with van der Waals surface area (Å²) in [5.74, 6) is -0.258. The van der Waals surface area contributed by atoms with E-state index < -0.39 is 0 Å². The number of amides is 1. The maximum Gasteiger partial charge on any atom is 0.251 e. The molecule has 0 aliphatic heterocycles. The Hall–Kier alpha value is -1.17. The summed E-state index contributed by atoms with van der Waals surface area (Å²) in [6.45, 7) is 2.29. The summed E-state index contributed by atoms with van der Waals surface area (Å²) in [6.07, 6.45) is 0. The topological polar surface area (TPSA) is 54.9 Å². The molecular weight excluding hydrogens is 293 g/mol. The van der Waals surface area contributed by atoms with E-state index in [1.807, 2.05) is 12.3 Å². The van der Waals surface area contributed by atoms with Crippen molar-refractivity contribution in [2.24, 2.45) is 0 Å². The Morgan fingerprint density at radius 2 is 2.00 bits per heavy atom. The molecule has 0 saturated carbocycles. The van der Waals surface area contributed by atoms with Gasteiger partial charge in [-0.2, -0.15) is 0 Å². The van der Waals surface area contributed by atoms with E-state index in [2.05, 4.69) is 15.3 Å². The second-order valence-electron chi connectivity index (χ2n) is 3.54. The van der Waals surface area contributed by atoms with Crippen LogP contribution >= 0.6 is 34.5 Å². The normalized spacial score (nSPS) is 10.4. The van der Waals surface area contributed by atoms with E-state index in [9.17, 15) is 4.79 Å². The molecule has 1 amide bonds. The summed E-state index contributed by atoms with van der Waals surface area (Å²) in [5.41, 5.74) is 1.21. The second-order valence-corrected chi connectivity index (χ2v) is 5.38. The molecule has 2 aromatic rings. The van der Waals surface area contributed by atoms with Crippen molar-refractivity contribution in [3.63, 3.8) is 0 Å². The number of carbonyl (C=O) groups excluding carboxylic acids is 1. The summed E-state index contributed by atoms with van der Waals surface area (Å²) < 4.78 is 0. The zero-order valence-electron chi connectivity index (χ0n) is 9.41. The Balaban J connectivity index is 2.03. The number of carbonyl (C=O) groups is 1. The van der Waals surface area contributed by atoms with Crippen LogP contribution in [0.3, 0.4) is 0 Å². The van der Waals surface area contributed by atoms with Crippen molar-refractivity contribution in [1.29, 1.82) is 0 Å². The molecule has 0 radical (unpaired) electrons. The van der Waals surface area contributed by atoms with Gasteiger partial charge in [-0.3, -0.25) is 4.79 Å². The number of aryl methyl sites for hydroxylation is 1. The maximum absolute atomic E-state index is 11.8.